The minimum Gasteiger partial charge on any atom is -0.480 e. The fourth-order valence-electron chi connectivity index (χ4n) is 2.59. The molecule has 1 aliphatic rings. The number of aliphatic carboxylic acids is 1. The summed E-state index contributed by atoms with van der Waals surface area (Å²) in [6.07, 6.45) is 2.50. The second kappa shape index (κ2) is 6.50. The summed E-state index contributed by atoms with van der Waals surface area (Å²) in [6.45, 7) is 7.95. The summed E-state index contributed by atoms with van der Waals surface area (Å²) in [5.74, 6) is -0.289. The fraction of sp³-hybridized carbons (Fsp3) is 0.923. The highest BCUT2D eigenvalue weighted by Crippen LogP contribution is 2.32. The monoisotopic (exact) mass is 257 g/mol. The average molecular weight is 257 g/mol. The van der Waals surface area contributed by atoms with E-state index in [9.17, 15) is 4.79 Å². The Balaban J connectivity index is 2.36. The minimum atomic E-state index is -0.947. The lowest BCUT2D eigenvalue weighted by Crippen LogP contribution is -2.47. The number of carboxylic acids is 1. The molecule has 1 saturated heterocycles. The highest BCUT2D eigenvalue weighted by atomic mass is 16.4. The first-order valence-corrected chi connectivity index (χ1v) is 6.70. The van der Waals surface area contributed by atoms with Gasteiger partial charge < -0.3 is 21.1 Å². The van der Waals surface area contributed by atoms with Gasteiger partial charge in [0.15, 0.2) is 0 Å². The zero-order valence-electron chi connectivity index (χ0n) is 11.8. The Hall–Kier alpha value is -0.650. The van der Waals surface area contributed by atoms with Crippen molar-refractivity contribution in [3.63, 3.8) is 0 Å². The molecule has 5 heteroatoms. The maximum atomic E-state index is 10.6. The quantitative estimate of drug-likeness (QED) is 0.640. The zero-order valence-corrected chi connectivity index (χ0v) is 11.8. The molecule has 0 aromatic carbocycles. The lowest BCUT2D eigenvalue weighted by molar-refractivity contribution is -0.138. The average Bonchev–Trinajstić information content (AvgIpc) is 2.28. The van der Waals surface area contributed by atoms with Crippen molar-refractivity contribution in [1.82, 2.24) is 10.2 Å². The molecule has 2 atom stereocenters. The van der Waals surface area contributed by atoms with E-state index in [-0.39, 0.29) is 5.41 Å². The molecule has 0 aromatic rings. The Morgan fingerprint density at radius 2 is 2.28 bits per heavy atom. The third-order valence-corrected chi connectivity index (χ3v) is 3.99. The predicted molar refractivity (Wildman–Crippen MR) is 72.5 cm³/mol. The molecular formula is C13H27N3O2. The number of piperidine rings is 1. The zero-order chi connectivity index (χ0) is 13.8. The molecule has 0 aromatic heterocycles. The van der Waals surface area contributed by atoms with Crippen molar-refractivity contribution in [1.29, 1.82) is 0 Å². The van der Waals surface area contributed by atoms with Crippen molar-refractivity contribution in [2.75, 3.05) is 33.2 Å². The molecule has 0 bridgehead atoms. The second-order valence-electron chi connectivity index (χ2n) is 6.17. The summed E-state index contributed by atoms with van der Waals surface area (Å²) >= 11 is 0. The summed E-state index contributed by atoms with van der Waals surface area (Å²) < 4.78 is 0. The smallest absolute Gasteiger partial charge is 0.321 e. The van der Waals surface area contributed by atoms with Gasteiger partial charge in [0.1, 0.15) is 6.04 Å². The summed E-state index contributed by atoms with van der Waals surface area (Å²) in [4.78, 5) is 13.0. The van der Waals surface area contributed by atoms with Crippen molar-refractivity contribution >= 4 is 5.97 Å². The minimum absolute atomic E-state index is 0.174. The molecule has 1 fully saturated rings. The van der Waals surface area contributed by atoms with Crippen molar-refractivity contribution in [3.05, 3.63) is 0 Å². The number of nitrogens with two attached hydrogens (primary N) is 1. The van der Waals surface area contributed by atoms with E-state index in [0.29, 0.717) is 12.5 Å². The van der Waals surface area contributed by atoms with Crippen LogP contribution in [0.2, 0.25) is 0 Å². The van der Waals surface area contributed by atoms with Crippen molar-refractivity contribution < 1.29 is 9.90 Å². The molecule has 1 rings (SSSR count). The Labute approximate surface area is 110 Å². The number of hydrogen-bond donors (Lipinski definition) is 3. The molecule has 0 aliphatic carbocycles. The molecule has 1 heterocycles. The van der Waals surface area contributed by atoms with E-state index in [1.54, 1.807) is 0 Å². The third kappa shape index (κ3) is 4.55. The van der Waals surface area contributed by atoms with Gasteiger partial charge in [0, 0.05) is 19.6 Å². The maximum absolute atomic E-state index is 10.6. The standard InChI is InChI=1S/C13H27N3O2/c1-13(2,9-15-7-11(14)12(17)18)10-5-4-6-16(3)8-10/h10-11,15H,4-9,14H2,1-3H3,(H,17,18). The molecule has 4 N–H and O–H groups in total. The Morgan fingerprint density at radius 3 is 2.83 bits per heavy atom. The van der Waals surface area contributed by atoms with E-state index in [1.165, 1.54) is 19.4 Å². The number of nitrogens with zero attached hydrogens (tertiary/aromatic N) is 1. The molecule has 5 nitrogen and oxygen atoms in total. The Bertz CT molecular complexity index is 281. The van der Waals surface area contributed by atoms with E-state index < -0.39 is 12.0 Å². The highest BCUT2D eigenvalue weighted by molar-refractivity contribution is 5.73. The maximum Gasteiger partial charge on any atom is 0.321 e. The molecule has 0 spiro atoms. The highest BCUT2D eigenvalue weighted by Gasteiger charge is 2.32. The number of carbonyl (C=O) groups is 1. The van der Waals surface area contributed by atoms with Gasteiger partial charge >= 0.3 is 5.97 Å². The van der Waals surface area contributed by atoms with E-state index in [4.69, 9.17) is 10.8 Å². The molecule has 2 unspecified atom stereocenters. The van der Waals surface area contributed by atoms with Crippen LogP contribution in [-0.2, 0) is 4.79 Å². The fourth-order valence-corrected chi connectivity index (χ4v) is 2.59. The lowest BCUT2D eigenvalue weighted by Gasteiger charge is -2.40. The van der Waals surface area contributed by atoms with Crippen LogP contribution in [0.5, 0.6) is 0 Å². The number of nitrogens with one attached hydrogen (secondary N) is 1. The Morgan fingerprint density at radius 1 is 1.61 bits per heavy atom. The normalized spacial score (nSPS) is 23.9. The first-order valence-electron chi connectivity index (χ1n) is 6.70. The van der Waals surface area contributed by atoms with Crippen LogP contribution in [0.25, 0.3) is 0 Å². The van der Waals surface area contributed by atoms with Crippen LogP contribution in [-0.4, -0.2) is 55.2 Å². The second-order valence-corrected chi connectivity index (χ2v) is 6.17. The van der Waals surface area contributed by atoms with E-state index in [0.717, 1.165) is 13.1 Å². The molecule has 106 valence electrons. The van der Waals surface area contributed by atoms with Gasteiger partial charge in [-0.2, -0.15) is 0 Å². The molecule has 0 amide bonds. The molecule has 0 saturated carbocycles. The van der Waals surface area contributed by atoms with Gasteiger partial charge in [0.2, 0.25) is 0 Å². The summed E-state index contributed by atoms with van der Waals surface area (Å²) in [5.41, 5.74) is 5.65. The summed E-state index contributed by atoms with van der Waals surface area (Å²) in [6, 6.07) is -0.810. The number of rotatable bonds is 6. The first-order chi connectivity index (χ1) is 8.33. The molecular weight excluding hydrogens is 230 g/mol. The van der Waals surface area contributed by atoms with Crippen LogP contribution >= 0.6 is 0 Å². The number of hydrogen-bond acceptors (Lipinski definition) is 4. The van der Waals surface area contributed by atoms with E-state index in [1.807, 2.05) is 0 Å². The van der Waals surface area contributed by atoms with Crippen molar-refractivity contribution in [2.24, 2.45) is 17.1 Å². The van der Waals surface area contributed by atoms with Crippen LogP contribution < -0.4 is 11.1 Å². The lowest BCUT2D eigenvalue weighted by atomic mass is 9.74. The number of carboxylic acid groups (broad SMARTS) is 1. The Kier molecular flexibility index (Phi) is 5.56. The largest absolute Gasteiger partial charge is 0.480 e. The third-order valence-electron chi connectivity index (χ3n) is 3.99. The van der Waals surface area contributed by atoms with Crippen LogP contribution in [0.1, 0.15) is 26.7 Å². The SMILES string of the molecule is CN1CCCC(C(C)(C)CNCC(N)C(=O)O)C1. The van der Waals surface area contributed by atoms with Crippen LogP contribution in [0.4, 0.5) is 0 Å². The number of likely N-dealkylation sites (tertiary alicyclic amines) is 1. The van der Waals surface area contributed by atoms with E-state index >= 15 is 0 Å². The van der Waals surface area contributed by atoms with Gasteiger partial charge in [0.25, 0.3) is 0 Å². The predicted octanol–water partition coefficient (Wildman–Crippen LogP) is 0.356. The molecule has 0 radical (unpaired) electrons. The van der Waals surface area contributed by atoms with Gasteiger partial charge in [-0.1, -0.05) is 13.8 Å². The van der Waals surface area contributed by atoms with Gasteiger partial charge in [-0.05, 0) is 37.8 Å². The van der Waals surface area contributed by atoms with Gasteiger partial charge in [0.05, 0.1) is 0 Å². The van der Waals surface area contributed by atoms with Crippen LogP contribution in [0.15, 0.2) is 0 Å². The van der Waals surface area contributed by atoms with Crippen LogP contribution in [0.3, 0.4) is 0 Å². The summed E-state index contributed by atoms with van der Waals surface area (Å²) in [7, 11) is 2.16. The van der Waals surface area contributed by atoms with Crippen molar-refractivity contribution in [2.45, 2.75) is 32.7 Å². The molecule has 18 heavy (non-hydrogen) atoms. The first kappa shape index (κ1) is 15.4. The van der Waals surface area contributed by atoms with Gasteiger partial charge in [-0.25, -0.2) is 0 Å². The topological polar surface area (TPSA) is 78.6 Å². The summed E-state index contributed by atoms with van der Waals surface area (Å²) in [5, 5.41) is 11.9. The van der Waals surface area contributed by atoms with Crippen molar-refractivity contribution in [3.8, 4) is 0 Å². The van der Waals surface area contributed by atoms with E-state index in [2.05, 4.69) is 31.1 Å². The van der Waals surface area contributed by atoms with Gasteiger partial charge in [-0.3, -0.25) is 4.79 Å². The molecule has 1 aliphatic heterocycles. The van der Waals surface area contributed by atoms with Gasteiger partial charge in [-0.15, -0.1) is 0 Å². The van der Waals surface area contributed by atoms with Crippen LogP contribution in [0, 0.1) is 11.3 Å².